The first-order valence-corrected chi connectivity index (χ1v) is 7.15. The molecule has 0 aliphatic carbocycles. The average molecular weight is 291 g/mol. The fraction of sp³-hybridized carbons (Fsp3) is 0.105. The highest BCUT2D eigenvalue weighted by molar-refractivity contribution is 6.02. The molecule has 3 heteroatoms. The van der Waals surface area contributed by atoms with Gasteiger partial charge in [-0.15, -0.1) is 0 Å². The quantitative estimate of drug-likeness (QED) is 0.436. The minimum Gasteiger partial charge on any atom is -0.488 e. The molecule has 0 aromatic heterocycles. The van der Waals surface area contributed by atoms with Crippen molar-refractivity contribution in [2.24, 2.45) is 5.16 Å². The number of rotatable bonds is 4. The Morgan fingerprint density at radius 1 is 1.00 bits per heavy atom. The van der Waals surface area contributed by atoms with E-state index >= 15 is 0 Å². The number of hydrogen-bond donors (Lipinski definition) is 1. The van der Waals surface area contributed by atoms with Crippen molar-refractivity contribution in [3.63, 3.8) is 0 Å². The van der Waals surface area contributed by atoms with Gasteiger partial charge in [0.1, 0.15) is 12.4 Å². The van der Waals surface area contributed by atoms with Crippen molar-refractivity contribution < 1.29 is 9.94 Å². The molecule has 0 atom stereocenters. The van der Waals surface area contributed by atoms with E-state index in [1.807, 2.05) is 36.4 Å². The van der Waals surface area contributed by atoms with Crippen LogP contribution in [-0.4, -0.2) is 11.4 Å². The minimum atomic E-state index is 0.477. The Balaban J connectivity index is 1.92. The summed E-state index contributed by atoms with van der Waals surface area (Å²) in [6.45, 7) is 2.54. The number of nitrogens with zero attached hydrogens (tertiary/aromatic N) is 1. The Bertz CT molecular complexity index is 807. The van der Waals surface area contributed by atoms with Crippen LogP contribution in [0.25, 0.3) is 10.8 Å². The topological polar surface area (TPSA) is 41.8 Å². The second-order valence-electron chi connectivity index (χ2n) is 5.22. The summed E-state index contributed by atoms with van der Waals surface area (Å²) >= 11 is 0. The number of aryl methyl sites for hydroxylation is 1. The van der Waals surface area contributed by atoms with Crippen LogP contribution in [0.4, 0.5) is 0 Å². The van der Waals surface area contributed by atoms with Crippen molar-refractivity contribution >= 4 is 17.0 Å². The first-order chi connectivity index (χ1) is 10.8. The Kier molecular flexibility index (Phi) is 4.05. The van der Waals surface area contributed by atoms with Gasteiger partial charge >= 0.3 is 0 Å². The monoisotopic (exact) mass is 291 g/mol. The van der Waals surface area contributed by atoms with E-state index in [2.05, 4.69) is 36.3 Å². The fourth-order valence-corrected chi connectivity index (χ4v) is 2.44. The molecule has 1 N–H and O–H groups in total. The van der Waals surface area contributed by atoms with E-state index in [0.717, 1.165) is 21.9 Å². The molecule has 0 amide bonds. The van der Waals surface area contributed by atoms with Gasteiger partial charge < -0.3 is 9.94 Å². The standard InChI is InChI=1S/C19H17NO2/c1-14-6-8-15(9-7-14)13-22-19-11-10-16-4-2-3-5-17(16)18(19)12-20-21/h2-12,21H,13H2,1H3/b20-12+. The summed E-state index contributed by atoms with van der Waals surface area (Å²) in [4.78, 5) is 0. The number of benzene rings is 3. The molecule has 0 saturated heterocycles. The molecular formula is C19H17NO2. The van der Waals surface area contributed by atoms with E-state index in [1.165, 1.54) is 11.8 Å². The van der Waals surface area contributed by atoms with E-state index in [9.17, 15) is 0 Å². The molecule has 0 heterocycles. The molecule has 3 rings (SSSR count). The van der Waals surface area contributed by atoms with Gasteiger partial charge in [-0.05, 0) is 29.3 Å². The predicted molar refractivity (Wildman–Crippen MR) is 88.8 cm³/mol. The molecule has 3 aromatic rings. The van der Waals surface area contributed by atoms with Gasteiger partial charge in [0.15, 0.2) is 0 Å². The molecule has 22 heavy (non-hydrogen) atoms. The van der Waals surface area contributed by atoms with Crippen LogP contribution in [0.2, 0.25) is 0 Å². The van der Waals surface area contributed by atoms with Crippen molar-refractivity contribution in [2.75, 3.05) is 0 Å². The molecular weight excluding hydrogens is 274 g/mol. The van der Waals surface area contributed by atoms with Gasteiger partial charge in [0.25, 0.3) is 0 Å². The molecule has 0 aliphatic heterocycles. The first-order valence-electron chi connectivity index (χ1n) is 7.15. The number of oxime groups is 1. The highest BCUT2D eigenvalue weighted by Crippen LogP contribution is 2.27. The lowest BCUT2D eigenvalue weighted by Gasteiger charge is -2.11. The van der Waals surface area contributed by atoms with Gasteiger partial charge in [-0.1, -0.05) is 65.3 Å². The Hall–Kier alpha value is -2.81. The fourth-order valence-electron chi connectivity index (χ4n) is 2.44. The summed E-state index contributed by atoms with van der Waals surface area (Å²) in [7, 11) is 0. The molecule has 0 bridgehead atoms. The number of ether oxygens (including phenoxy) is 1. The zero-order valence-corrected chi connectivity index (χ0v) is 12.4. The van der Waals surface area contributed by atoms with Crippen LogP contribution in [0.3, 0.4) is 0 Å². The lowest BCUT2D eigenvalue weighted by molar-refractivity contribution is 0.304. The molecule has 3 nitrogen and oxygen atoms in total. The third-order valence-corrected chi connectivity index (χ3v) is 3.63. The smallest absolute Gasteiger partial charge is 0.129 e. The van der Waals surface area contributed by atoms with Crippen LogP contribution in [0, 0.1) is 6.92 Å². The third kappa shape index (κ3) is 2.93. The molecule has 0 aliphatic rings. The molecule has 0 saturated carbocycles. The number of fused-ring (bicyclic) bond motifs is 1. The molecule has 0 spiro atoms. The van der Waals surface area contributed by atoms with E-state index in [0.29, 0.717) is 12.4 Å². The summed E-state index contributed by atoms with van der Waals surface area (Å²) in [6.07, 6.45) is 1.42. The Morgan fingerprint density at radius 2 is 1.77 bits per heavy atom. The van der Waals surface area contributed by atoms with Crippen molar-refractivity contribution in [1.29, 1.82) is 0 Å². The van der Waals surface area contributed by atoms with Crippen molar-refractivity contribution in [3.05, 3.63) is 77.4 Å². The molecule has 0 fully saturated rings. The predicted octanol–water partition coefficient (Wildman–Crippen LogP) is 4.54. The van der Waals surface area contributed by atoms with Crippen LogP contribution in [-0.2, 0) is 6.61 Å². The van der Waals surface area contributed by atoms with Crippen molar-refractivity contribution in [3.8, 4) is 5.75 Å². The highest BCUT2D eigenvalue weighted by atomic mass is 16.5. The van der Waals surface area contributed by atoms with Crippen LogP contribution in [0.1, 0.15) is 16.7 Å². The zero-order chi connectivity index (χ0) is 15.4. The van der Waals surface area contributed by atoms with Gasteiger partial charge in [0, 0.05) is 5.56 Å². The maximum atomic E-state index is 8.93. The van der Waals surface area contributed by atoms with E-state index in [-0.39, 0.29) is 0 Å². The highest BCUT2D eigenvalue weighted by Gasteiger charge is 2.07. The Morgan fingerprint density at radius 3 is 2.55 bits per heavy atom. The Labute approximate surface area is 129 Å². The second kappa shape index (κ2) is 6.31. The first kappa shape index (κ1) is 14.1. The number of hydrogen-bond acceptors (Lipinski definition) is 3. The van der Waals surface area contributed by atoms with E-state index in [1.54, 1.807) is 0 Å². The summed E-state index contributed by atoms with van der Waals surface area (Å²) < 4.78 is 5.92. The minimum absolute atomic E-state index is 0.477. The maximum Gasteiger partial charge on any atom is 0.129 e. The van der Waals surface area contributed by atoms with Crippen LogP contribution in [0.15, 0.2) is 65.8 Å². The van der Waals surface area contributed by atoms with Crippen LogP contribution in [0.5, 0.6) is 5.75 Å². The molecule has 110 valence electrons. The van der Waals surface area contributed by atoms with Crippen LogP contribution < -0.4 is 4.74 Å². The van der Waals surface area contributed by atoms with E-state index in [4.69, 9.17) is 9.94 Å². The maximum absolute atomic E-state index is 8.93. The summed E-state index contributed by atoms with van der Waals surface area (Å²) in [5.74, 6) is 0.706. The van der Waals surface area contributed by atoms with Gasteiger partial charge in [-0.3, -0.25) is 0 Å². The largest absolute Gasteiger partial charge is 0.488 e. The van der Waals surface area contributed by atoms with Gasteiger partial charge in [0.2, 0.25) is 0 Å². The van der Waals surface area contributed by atoms with Crippen LogP contribution >= 0.6 is 0 Å². The lowest BCUT2D eigenvalue weighted by Crippen LogP contribution is -1.99. The van der Waals surface area contributed by atoms with Gasteiger partial charge in [-0.2, -0.15) is 0 Å². The van der Waals surface area contributed by atoms with Crippen molar-refractivity contribution in [1.82, 2.24) is 0 Å². The van der Waals surface area contributed by atoms with E-state index < -0.39 is 0 Å². The lowest BCUT2D eigenvalue weighted by atomic mass is 10.0. The summed E-state index contributed by atoms with van der Waals surface area (Å²) in [5.41, 5.74) is 3.11. The van der Waals surface area contributed by atoms with Gasteiger partial charge in [-0.25, -0.2) is 0 Å². The van der Waals surface area contributed by atoms with Crippen molar-refractivity contribution in [2.45, 2.75) is 13.5 Å². The molecule has 0 unspecified atom stereocenters. The average Bonchev–Trinajstić information content (AvgIpc) is 2.56. The summed E-state index contributed by atoms with van der Waals surface area (Å²) in [5, 5.41) is 14.2. The molecule has 0 radical (unpaired) electrons. The third-order valence-electron chi connectivity index (χ3n) is 3.63. The summed E-state index contributed by atoms with van der Waals surface area (Å²) in [6, 6.07) is 20.1. The SMILES string of the molecule is Cc1ccc(COc2ccc3ccccc3c2/C=N/O)cc1. The zero-order valence-electron chi connectivity index (χ0n) is 12.4. The molecule has 3 aromatic carbocycles. The second-order valence-corrected chi connectivity index (χ2v) is 5.22. The van der Waals surface area contributed by atoms with Gasteiger partial charge in [0.05, 0.1) is 6.21 Å². The normalized spacial score (nSPS) is 11.1.